The Hall–Kier alpha value is -2.77. The topological polar surface area (TPSA) is 72.5 Å². The molecule has 0 bridgehead atoms. The second-order valence-corrected chi connectivity index (χ2v) is 5.72. The van der Waals surface area contributed by atoms with Crippen LogP contribution in [0.3, 0.4) is 0 Å². The molecule has 1 atom stereocenters. The van der Waals surface area contributed by atoms with Gasteiger partial charge in [0.15, 0.2) is 0 Å². The van der Waals surface area contributed by atoms with E-state index in [2.05, 4.69) is 15.3 Å². The Bertz CT molecular complexity index is 759. The first-order valence-electron chi connectivity index (χ1n) is 7.75. The number of aliphatic imine (C=N–C) groups is 1. The number of aromatic nitrogens is 1. The molecule has 0 aliphatic carbocycles. The average Bonchev–Trinajstić information content (AvgIpc) is 2.99. The molecule has 0 amide bonds. The maximum absolute atomic E-state index is 12.7. The van der Waals surface area contributed by atoms with Crippen molar-refractivity contribution in [3.63, 3.8) is 0 Å². The number of nitrogens with two attached hydrogens (primary N) is 1. The van der Waals surface area contributed by atoms with E-state index in [9.17, 15) is 13.2 Å². The van der Waals surface area contributed by atoms with E-state index in [0.29, 0.717) is 12.3 Å². The van der Waals surface area contributed by atoms with Gasteiger partial charge >= 0.3 is 6.18 Å². The van der Waals surface area contributed by atoms with Gasteiger partial charge in [0.1, 0.15) is 12.4 Å². The molecule has 1 aromatic carbocycles. The predicted molar refractivity (Wildman–Crippen MR) is 88.6 cm³/mol. The van der Waals surface area contributed by atoms with Crippen molar-refractivity contribution in [2.75, 3.05) is 11.9 Å². The summed E-state index contributed by atoms with van der Waals surface area (Å²) < 4.78 is 43.2. The molecule has 0 saturated heterocycles. The highest BCUT2D eigenvalue weighted by Crippen LogP contribution is 2.30. The second kappa shape index (κ2) is 7.00. The molecule has 3 N–H and O–H groups in total. The molecule has 0 fully saturated rings. The molecule has 2 aromatic rings. The van der Waals surface area contributed by atoms with Crippen LogP contribution >= 0.6 is 0 Å². The molecule has 1 unspecified atom stereocenters. The summed E-state index contributed by atoms with van der Waals surface area (Å²) >= 11 is 0. The molecule has 1 aliphatic rings. The van der Waals surface area contributed by atoms with Gasteiger partial charge in [0.05, 0.1) is 11.6 Å². The summed E-state index contributed by atoms with van der Waals surface area (Å²) in [5.41, 5.74) is 6.50. The molecule has 132 valence electrons. The lowest BCUT2D eigenvalue weighted by Gasteiger charge is -2.10. The fourth-order valence-corrected chi connectivity index (χ4v) is 2.50. The van der Waals surface area contributed by atoms with Gasteiger partial charge in [0, 0.05) is 11.9 Å². The van der Waals surface area contributed by atoms with Gasteiger partial charge in [-0.1, -0.05) is 12.1 Å². The molecule has 0 spiro atoms. The van der Waals surface area contributed by atoms with Crippen molar-refractivity contribution in [1.29, 1.82) is 0 Å². The van der Waals surface area contributed by atoms with Crippen LogP contribution in [-0.4, -0.2) is 23.7 Å². The maximum Gasteiger partial charge on any atom is 0.416 e. The highest BCUT2D eigenvalue weighted by Gasteiger charge is 2.30. The summed E-state index contributed by atoms with van der Waals surface area (Å²) in [7, 11) is 0. The molecule has 2 heterocycles. The van der Waals surface area contributed by atoms with Crippen LogP contribution in [-0.2, 0) is 17.3 Å². The number of aryl methyl sites for hydroxylation is 1. The molecular formula is C17H17F3N4O. The molecule has 5 nitrogen and oxygen atoms in total. The SMILES string of the molecule is NC1=NC(CCc2ccc(Nc3cc(C(F)(F)F)ccn3)cc2)CO1. The van der Waals surface area contributed by atoms with E-state index in [1.165, 1.54) is 0 Å². The minimum Gasteiger partial charge on any atom is -0.463 e. The Balaban J connectivity index is 1.59. The zero-order valence-electron chi connectivity index (χ0n) is 13.3. The molecule has 8 heteroatoms. The van der Waals surface area contributed by atoms with Gasteiger partial charge in [0.2, 0.25) is 0 Å². The number of benzene rings is 1. The van der Waals surface area contributed by atoms with Crippen LogP contribution in [0.5, 0.6) is 0 Å². The fraction of sp³-hybridized carbons (Fsp3) is 0.294. The summed E-state index contributed by atoms with van der Waals surface area (Å²) in [6.45, 7) is 0.507. The van der Waals surface area contributed by atoms with E-state index in [1.54, 1.807) is 12.1 Å². The molecule has 3 rings (SSSR count). The number of pyridine rings is 1. The highest BCUT2D eigenvalue weighted by molar-refractivity contribution is 5.73. The zero-order valence-corrected chi connectivity index (χ0v) is 13.3. The number of hydrogen-bond acceptors (Lipinski definition) is 5. The number of hydrogen-bond donors (Lipinski definition) is 2. The fourth-order valence-electron chi connectivity index (χ4n) is 2.50. The average molecular weight is 350 g/mol. The van der Waals surface area contributed by atoms with E-state index in [0.717, 1.165) is 36.7 Å². The standard InChI is InChI=1S/C17H17F3N4O/c18-17(19,20)12-7-8-22-15(9-12)23-13-4-1-11(2-5-13)3-6-14-10-25-16(21)24-14/h1-2,4-5,7-9,14H,3,6,10H2,(H2,21,24)(H,22,23). The van der Waals surface area contributed by atoms with Crippen molar-refractivity contribution >= 4 is 17.5 Å². The van der Waals surface area contributed by atoms with Crippen LogP contribution in [0.2, 0.25) is 0 Å². The smallest absolute Gasteiger partial charge is 0.416 e. The molecular weight excluding hydrogens is 333 g/mol. The van der Waals surface area contributed by atoms with Crippen LogP contribution in [0.15, 0.2) is 47.6 Å². The Labute approximate surface area is 142 Å². The number of ether oxygens (including phenoxy) is 1. The lowest BCUT2D eigenvalue weighted by Crippen LogP contribution is -2.10. The minimum atomic E-state index is -4.39. The zero-order chi connectivity index (χ0) is 17.9. The van der Waals surface area contributed by atoms with Crippen molar-refractivity contribution in [2.24, 2.45) is 10.7 Å². The Morgan fingerprint density at radius 1 is 1.20 bits per heavy atom. The summed E-state index contributed by atoms with van der Waals surface area (Å²) in [4.78, 5) is 8.08. The third-order valence-corrected chi connectivity index (χ3v) is 3.81. The van der Waals surface area contributed by atoms with Gasteiger partial charge in [0.25, 0.3) is 6.02 Å². The monoisotopic (exact) mass is 350 g/mol. The first-order chi connectivity index (χ1) is 11.9. The second-order valence-electron chi connectivity index (χ2n) is 5.72. The van der Waals surface area contributed by atoms with E-state index >= 15 is 0 Å². The van der Waals surface area contributed by atoms with E-state index in [1.807, 2.05) is 12.1 Å². The molecule has 0 saturated carbocycles. The summed E-state index contributed by atoms with van der Waals surface area (Å²) in [5, 5.41) is 2.88. The number of anilines is 2. The summed E-state index contributed by atoms with van der Waals surface area (Å²) in [5.74, 6) is 0.149. The lowest BCUT2D eigenvalue weighted by atomic mass is 10.1. The largest absolute Gasteiger partial charge is 0.463 e. The van der Waals surface area contributed by atoms with Gasteiger partial charge in [-0.25, -0.2) is 9.98 Å². The first-order valence-corrected chi connectivity index (χ1v) is 7.75. The third-order valence-electron chi connectivity index (χ3n) is 3.81. The van der Waals surface area contributed by atoms with E-state index in [-0.39, 0.29) is 17.9 Å². The molecule has 25 heavy (non-hydrogen) atoms. The van der Waals surface area contributed by atoms with Crippen molar-refractivity contribution in [3.05, 3.63) is 53.7 Å². The summed E-state index contributed by atoms with van der Waals surface area (Å²) in [6.07, 6.45) is -1.62. The number of alkyl halides is 3. The van der Waals surface area contributed by atoms with Gasteiger partial charge in [-0.2, -0.15) is 13.2 Å². The number of halogens is 3. The third kappa shape index (κ3) is 4.62. The Kier molecular flexibility index (Phi) is 4.78. The Morgan fingerprint density at radius 3 is 2.60 bits per heavy atom. The number of nitrogens with one attached hydrogen (secondary N) is 1. The van der Waals surface area contributed by atoms with Crippen LogP contribution in [0.25, 0.3) is 0 Å². The van der Waals surface area contributed by atoms with E-state index in [4.69, 9.17) is 10.5 Å². The van der Waals surface area contributed by atoms with Crippen molar-refractivity contribution in [3.8, 4) is 0 Å². The number of rotatable bonds is 5. The minimum absolute atomic E-state index is 0.0760. The molecule has 1 aromatic heterocycles. The maximum atomic E-state index is 12.7. The normalized spacial score (nSPS) is 17.1. The van der Waals surface area contributed by atoms with Crippen molar-refractivity contribution in [2.45, 2.75) is 25.1 Å². The lowest BCUT2D eigenvalue weighted by molar-refractivity contribution is -0.137. The number of nitrogens with zero attached hydrogens (tertiary/aromatic N) is 2. The van der Waals surface area contributed by atoms with Crippen LogP contribution in [0.1, 0.15) is 17.5 Å². The quantitative estimate of drug-likeness (QED) is 0.866. The van der Waals surface area contributed by atoms with Crippen LogP contribution < -0.4 is 11.1 Å². The van der Waals surface area contributed by atoms with E-state index < -0.39 is 11.7 Å². The van der Waals surface area contributed by atoms with Crippen molar-refractivity contribution < 1.29 is 17.9 Å². The van der Waals surface area contributed by atoms with Gasteiger partial charge in [-0.15, -0.1) is 0 Å². The van der Waals surface area contributed by atoms with Crippen LogP contribution in [0, 0.1) is 0 Å². The molecule has 1 aliphatic heterocycles. The molecule has 0 radical (unpaired) electrons. The highest BCUT2D eigenvalue weighted by atomic mass is 19.4. The van der Waals surface area contributed by atoms with Gasteiger partial charge in [-0.3, -0.25) is 0 Å². The van der Waals surface area contributed by atoms with Gasteiger partial charge < -0.3 is 15.8 Å². The van der Waals surface area contributed by atoms with Gasteiger partial charge in [-0.05, 0) is 42.7 Å². The van der Waals surface area contributed by atoms with Crippen LogP contribution in [0.4, 0.5) is 24.7 Å². The summed E-state index contributed by atoms with van der Waals surface area (Å²) in [6, 6.07) is 9.68. The van der Waals surface area contributed by atoms with Crippen molar-refractivity contribution in [1.82, 2.24) is 4.98 Å². The number of amidine groups is 1. The first kappa shape index (κ1) is 17.1. The predicted octanol–water partition coefficient (Wildman–Crippen LogP) is 3.49. The Morgan fingerprint density at radius 2 is 1.96 bits per heavy atom.